The minimum atomic E-state index is -1.02. The van der Waals surface area contributed by atoms with E-state index < -0.39 is 5.97 Å². The molecule has 2 rings (SSSR count). The monoisotopic (exact) mass is 294 g/mol. The Morgan fingerprint density at radius 2 is 2.00 bits per heavy atom. The van der Waals surface area contributed by atoms with Crippen LogP contribution in [0.15, 0.2) is 10.5 Å². The second-order valence-electron chi connectivity index (χ2n) is 6.30. The highest BCUT2D eigenvalue weighted by atomic mass is 16.4. The fourth-order valence-corrected chi connectivity index (χ4v) is 2.43. The first-order valence-electron chi connectivity index (χ1n) is 7.14. The van der Waals surface area contributed by atoms with Gasteiger partial charge in [-0.3, -0.25) is 0 Å². The van der Waals surface area contributed by atoms with Crippen LogP contribution in [0.3, 0.4) is 0 Å². The topological polar surface area (TPSA) is 82.8 Å². The fraction of sp³-hybridized carbons (Fsp3) is 0.600. The number of urea groups is 1. The number of carboxylic acid groups (broad SMARTS) is 1. The summed E-state index contributed by atoms with van der Waals surface area (Å²) in [5, 5.41) is 11.7. The van der Waals surface area contributed by atoms with E-state index in [0.717, 1.165) is 25.9 Å². The van der Waals surface area contributed by atoms with Crippen molar-refractivity contribution in [1.82, 2.24) is 10.2 Å². The number of nitrogens with zero attached hydrogens (tertiary/aromatic N) is 1. The van der Waals surface area contributed by atoms with E-state index in [1.165, 1.54) is 6.07 Å². The normalized spacial score (nSPS) is 17.6. The number of likely N-dealkylation sites (tertiary alicyclic amines) is 1. The van der Waals surface area contributed by atoms with Crippen LogP contribution >= 0.6 is 0 Å². The average Bonchev–Trinajstić information content (AvgIpc) is 2.77. The van der Waals surface area contributed by atoms with E-state index in [4.69, 9.17) is 9.52 Å². The summed E-state index contributed by atoms with van der Waals surface area (Å²) in [6.07, 6.45) is 1.98. The van der Waals surface area contributed by atoms with Crippen molar-refractivity contribution in [2.45, 2.75) is 40.2 Å². The van der Waals surface area contributed by atoms with Crippen LogP contribution < -0.4 is 5.32 Å². The molecule has 1 aromatic rings. The zero-order valence-corrected chi connectivity index (χ0v) is 12.7. The minimum Gasteiger partial charge on any atom is -0.478 e. The standard InChI is InChI=1S/C15H22N2O4/c1-10-12(13(18)19)8-11(21-10)9-16-14(20)17-6-4-15(2,3)5-7-17/h8H,4-7,9H2,1-3H3,(H,16,20)(H,18,19). The quantitative estimate of drug-likeness (QED) is 0.897. The summed E-state index contributed by atoms with van der Waals surface area (Å²) in [6, 6.07) is 1.33. The first-order chi connectivity index (χ1) is 9.78. The van der Waals surface area contributed by atoms with Crippen molar-refractivity contribution in [2.24, 2.45) is 5.41 Å². The predicted octanol–water partition coefficient (Wildman–Crippen LogP) is 2.62. The fourth-order valence-electron chi connectivity index (χ4n) is 2.43. The zero-order valence-electron chi connectivity index (χ0n) is 12.7. The van der Waals surface area contributed by atoms with E-state index in [-0.39, 0.29) is 18.1 Å². The molecule has 0 radical (unpaired) electrons. The van der Waals surface area contributed by atoms with E-state index >= 15 is 0 Å². The van der Waals surface area contributed by atoms with Crippen LogP contribution in [0.2, 0.25) is 0 Å². The summed E-state index contributed by atoms with van der Waals surface area (Å²) >= 11 is 0. The molecule has 0 bridgehead atoms. The van der Waals surface area contributed by atoms with Gasteiger partial charge < -0.3 is 19.7 Å². The Balaban J connectivity index is 1.87. The lowest BCUT2D eigenvalue weighted by Crippen LogP contribution is -2.45. The van der Waals surface area contributed by atoms with Crippen LogP contribution in [0.1, 0.15) is 48.6 Å². The van der Waals surface area contributed by atoms with Gasteiger partial charge in [0.15, 0.2) is 0 Å². The van der Waals surface area contributed by atoms with Crippen molar-refractivity contribution in [3.8, 4) is 0 Å². The van der Waals surface area contributed by atoms with Crippen molar-refractivity contribution >= 4 is 12.0 Å². The second kappa shape index (κ2) is 5.79. The summed E-state index contributed by atoms with van der Waals surface area (Å²) < 4.78 is 5.33. The van der Waals surface area contributed by atoms with Crippen LogP contribution in [-0.4, -0.2) is 35.1 Å². The molecule has 6 heteroatoms. The first-order valence-corrected chi connectivity index (χ1v) is 7.14. The smallest absolute Gasteiger partial charge is 0.339 e. The lowest BCUT2D eigenvalue weighted by atomic mass is 9.83. The number of furan rings is 1. The molecule has 0 unspecified atom stereocenters. The number of carbonyl (C=O) groups excluding carboxylic acids is 1. The molecule has 1 aliphatic heterocycles. The Kier molecular flexibility index (Phi) is 4.25. The summed E-state index contributed by atoms with van der Waals surface area (Å²) in [4.78, 5) is 24.8. The molecular weight excluding hydrogens is 272 g/mol. The maximum Gasteiger partial charge on any atom is 0.339 e. The number of hydrogen-bond acceptors (Lipinski definition) is 3. The average molecular weight is 294 g/mol. The van der Waals surface area contributed by atoms with E-state index in [2.05, 4.69) is 19.2 Å². The van der Waals surface area contributed by atoms with E-state index in [0.29, 0.717) is 16.9 Å². The van der Waals surface area contributed by atoms with Crippen LogP contribution in [0.4, 0.5) is 4.79 Å². The van der Waals surface area contributed by atoms with Gasteiger partial charge in [-0.2, -0.15) is 0 Å². The molecule has 2 heterocycles. The third-order valence-corrected chi connectivity index (χ3v) is 4.02. The first kappa shape index (κ1) is 15.4. The number of carbonyl (C=O) groups is 2. The van der Waals surface area contributed by atoms with E-state index in [1.54, 1.807) is 11.8 Å². The van der Waals surface area contributed by atoms with Gasteiger partial charge in [-0.1, -0.05) is 13.8 Å². The molecule has 1 aromatic heterocycles. The Labute approximate surface area is 124 Å². The van der Waals surface area contributed by atoms with Crippen LogP contribution in [-0.2, 0) is 6.54 Å². The van der Waals surface area contributed by atoms with Crippen LogP contribution in [0.5, 0.6) is 0 Å². The third-order valence-electron chi connectivity index (χ3n) is 4.02. The molecule has 0 aromatic carbocycles. The summed E-state index contributed by atoms with van der Waals surface area (Å²) in [7, 11) is 0. The molecule has 2 amide bonds. The molecule has 1 fully saturated rings. The van der Waals surface area contributed by atoms with Gasteiger partial charge in [0.1, 0.15) is 17.1 Å². The molecule has 0 atom stereocenters. The highest BCUT2D eigenvalue weighted by Gasteiger charge is 2.27. The van der Waals surface area contributed by atoms with Gasteiger partial charge in [0.2, 0.25) is 0 Å². The second-order valence-corrected chi connectivity index (χ2v) is 6.30. The maximum atomic E-state index is 12.1. The van der Waals surface area contributed by atoms with E-state index in [1.807, 2.05) is 0 Å². The number of nitrogens with one attached hydrogen (secondary N) is 1. The molecule has 6 nitrogen and oxygen atoms in total. The number of amides is 2. The molecule has 0 spiro atoms. The molecule has 1 saturated heterocycles. The minimum absolute atomic E-state index is 0.128. The molecular formula is C15H22N2O4. The largest absolute Gasteiger partial charge is 0.478 e. The lowest BCUT2D eigenvalue weighted by molar-refractivity contribution is 0.0695. The van der Waals surface area contributed by atoms with E-state index in [9.17, 15) is 9.59 Å². The third kappa shape index (κ3) is 3.77. The van der Waals surface area contributed by atoms with Crippen molar-refractivity contribution in [2.75, 3.05) is 13.1 Å². The van der Waals surface area contributed by atoms with Gasteiger partial charge in [-0.25, -0.2) is 9.59 Å². The Bertz CT molecular complexity index is 538. The highest BCUT2D eigenvalue weighted by Crippen LogP contribution is 2.29. The highest BCUT2D eigenvalue weighted by molar-refractivity contribution is 5.88. The number of piperidine rings is 1. The Morgan fingerprint density at radius 1 is 1.38 bits per heavy atom. The maximum absolute atomic E-state index is 12.1. The Hall–Kier alpha value is -1.98. The number of aryl methyl sites for hydroxylation is 1. The van der Waals surface area contributed by atoms with Crippen molar-refractivity contribution in [3.05, 3.63) is 23.2 Å². The molecule has 2 N–H and O–H groups in total. The number of rotatable bonds is 3. The van der Waals surface area contributed by atoms with Gasteiger partial charge in [-0.15, -0.1) is 0 Å². The molecule has 1 aliphatic rings. The van der Waals surface area contributed by atoms with Crippen molar-refractivity contribution in [1.29, 1.82) is 0 Å². The van der Waals surface area contributed by atoms with Crippen LogP contribution in [0.25, 0.3) is 0 Å². The van der Waals surface area contributed by atoms with Crippen molar-refractivity contribution in [3.63, 3.8) is 0 Å². The van der Waals surface area contributed by atoms with Gasteiger partial charge in [-0.05, 0) is 31.2 Å². The van der Waals surface area contributed by atoms with Gasteiger partial charge in [0.25, 0.3) is 0 Å². The van der Waals surface area contributed by atoms with Crippen LogP contribution in [0, 0.1) is 12.3 Å². The molecule has 116 valence electrons. The number of aromatic carboxylic acids is 1. The molecule has 21 heavy (non-hydrogen) atoms. The number of hydrogen-bond donors (Lipinski definition) is 2. The van der Waals surface area contributed by atoms with Crippen molar-refractivity contribution < 1.29 is 19.1 Å². The molecule has 0 saturated carbocycles. The zero-order chi connectivity index (χ0) is 15.6. The van der Waals surface area contributed by atoms with Gasteiger partial charge >= 0.3 is 12.0 Å². The summed E-state index contributed by atoms with van der Waals surface area (Å²) in [6.45, 7) is 7.71. The van der Waals surface area contributed by atoms with Gasteiger partial charge in [0, 0.05) is 13.1 Å². The predicted molar refractivity (Wildman–Crippen MR) is 77.2 cm³/mol. The molecule has 0 aliphatic carbocycles. The number of carboxylic acids is 1. The lowest BCUT2D eigenvalue weighted by Gasteiger charge is -2.36. The Morgan fingerprint density at radius 3 is 2.52 bits per heavy atom. The van der Waals surface area contributed by atoms with Gasteiger partial charge in [0.05, 0.1) is 6.54 Å². The summed E-state index contributed by atoms with van der Waals surface area (Å²) in [5.74, 6) is -0.214. The summed E-state index contributed by atoms with van der Waals surface area (Å²) in [5.41, 5.74) is 0.435. The SMILES string of the molecule is Cc1oc(CNC(=O)N2CCC(C)(C)CC2)cc1C(=O)O.